The molecule has 2 fully saturated rings. The molecule has 2 aromatic rings. The van der Waals surface area contributed by atoms with Crippen LogP contribution in [0.5, 0.6) is 0 Å². The van der Waals surface area contributed by atoms with Crippen LogP contribution >= 0.6 is 0 Å². The first-order valence-electron chi connectivity index (χ1n) is 15.7. The van der Waals surface area contributed by atoms with Crippen molar-refractivity contribution in [2.45, 2.75) is 88.3 Å². The van der Waals surface area contributed by atoms with E-state index in [0.29, 0.717) is 24.9 Å². The van der Waals surface area contributed by atoms with Crippen molar-refractivity contribution >= 4 is 29.3 Å². The summed E-state index contributed by atoms with van der Waals surface area (Å²) in [7, 11) is 0. The Kier molecular flexibility index (Phi) is 7.88. The lowest BCUT2D eigenvalue weighted by molar-refractivity contribution is -0.153. The molecule has 3 aliphatic heterocycles. The van der Waals surface area contributed by atoms with Crippen molar-refractivity contribution in [3.63, 3.8) is 0 Å². The van der Waals surface area contributed by atoms with Crippen LogP contribution in [0.4, 0.5) is 14.5 Å². The highest BCUT2D eigenvalue weighted by molar-refractivity contribution is 6.35. The molecule has 3 atom stereocenters. The molecular formula is C34H37F2N5O4. The second kappa shape index (κ2) is 11.5. The molecule has 9 nitrogen and oxygen atoms in total. The number of benzene rings is 2. The van der Waals surface area contributed by atoms with Crippen molar-refractivity contribution in [1.29, 1.82) is 5.26 Å². The number of nitrogens with one attached hydrogen (secondary N) is 2. The minimum Gasteiger partial charge on any atom is -0.338 e. The number of hydrogen-bond donors (Lipinski definition) is 2. The van der Waals surface area contributed by atoms with Crippen molar-refractivity contribution in [1.82, 2.24) is 15.1 Å². The predicted molar refractivity (Wildman–Crippen MR) is 160 cm³/mol. The van der Waals surface area contributed by atoms with Gasteiger partial charge in [-0.1, -0.05) is 38.5 Å². The zero-order valence-corrected chi connectivity index (χ0v) is 25.5. The smallest absolute Gasteiger partial charge is 0.312 e. The number of rotatable bonds is 4. The Morgan fingerprint density at radius 1 is 1.09 bits per heavy atom. The number of anilines is 1. The summed E-state index contributed by atoms with van der Waals surface area (Å²) in [5, 5.41) is 15.8. The van der Waals surface area contributed by atoms with Gasteiger partial charge in [-0.05, 0) is 67.7 Å². The molecule has 236 valence electrons. The minimum absolute atomic E-state index is 0.0118. The van der Waals surface area contributed by atoms with E-state index in [2.05, 4.69) is 16.7 Å². The van der Waals surface area contributed by atoms with Gasteiger partial charge in [0.15, 0.2) is 0 Å². The number of nitriles is 1. The highest BCUT2D eigenvalue weighted by Crippen LogP contribution is 2.48. The Morgan fingerprint density at radius 3 is 2.56 bits per heavy atom. The zero-order chi connectivity index (χ0) is 32.1. The van der Waals surface area contributed by atoms with Gasteiger partial charge in [-0.25, -0.2) is 8.78 Å². The van der Waals surface area contributed by atoms with E-state index in [1.54, 1.807) is 0 Å². The largest absolute Gasteiger partial charge is 0.338 e. The summed E-state index contributed by atoms with van der Waals surface area (Å²) in [5.41, 5.74) is 0.412. The van der Waals surface area contributed by atoms with Gasteiger partial charge in [0.2, 0.25) is 11.8 Å². The number of hydrogen-bond acceptors (Lipinski definition) is 5. The van der Waals surface area contributed by atoms with Crippen molar-refractivity contribution in [2.75, 3.05) is 18.4 Å². The molecule has 0 unspecified atom stereocenters. The number of nitrogens with zero attached hydrogens (tertiary/aromatic N) is 3. The Bertz CT molecular complexity index is 1620. The Hall–Kier alpha value is -4.33. The number of carbonyl (C=O) groups is 4. The van der Waals surface area contributed by atoms with Gasteiger partial charge in [0.05, 0.1) is 17.0 Å². The highest BCUT2D eigenvalue weighted by Gasteiger charge is 2.57. The maximum atomic E-state index is 14.7. The van der Waals surface area contributed by atoms with Crippen LogP contribution < -0.4 is 10.6 Å². The molecule has 0 aromatic heterocycles. The number of fused-ring (bicyclic) bond motifs is 2. The Balaban J connectivity index is 1.34. The van der Waals surface area contributed by atoms with E-state index in [4.69, 9.17) is 0 Å². The van der Waals surface area contributed by atoms with E-state index in [1.165, 1.54) is 15.9 Å². The average Bonchev–Trinajstić information content (AvgIpc) is 3.57. The van der Waals surface area contributed by atoms with Gasteiger partial charge in [0.25, 0.3) is 0 Å². The fourth-order valence-corrected chi connectivity index (χ4v) is 7.28. The summed E-state index contributed by atoms with van der Waals surface area (Å²) in [6.07, 6.45) is 3.94. The topological polar surface area (TPSA) is 123 Å². The first-order valence-corrected chi connectivity index (χ1v) is 15.7. The van der Waals surface area contributed by atoms with Crippen LogP contribution in [-0.2, 0) is 36.6 Å². The molecule has 1 saturated heterocycles. The third kappa shape index (κ3) is 5.45. The first kappa shape index (κ1) is 30.7. The third-order valence-electron chi connectivity index (χ3n) is 9.80. The van der Waals surface area contributed by atoms with Crippen LogP contribution in [0.2, 0.25) is 0 Å². The molecule has 0 radical (unpaired) electrons. The molecule has 2 aromatic carbocycles. The number of carbonyl (C=O) groups excluding carboxylic acids is 4. The molecule has 3 heterocycles. The lowest BCUT2D eigenvalue weighted by atomic mass is 9.79. The maximum Gasteiger partial charge on any atom is 0.312 e. The molecule has 6 rings (SSSR count). The van der Waals surface area contributed by atoms with Crippen LogP contribution in [0, 0.1) is 28.9 Å². The second-order valence-corrected chi connectivity index (χ2v) is 13.3. The SMILES string of the molecule is CC(C)C[C@H]1C(=O)N2C[C@]3(C[C@H]2C#N)C(=O)Nc2ccc(cc23)CCCCCN1C(=O)C(=O)NC1(c2ccc(F)cc2F)CC1. The third-order valence-corrected chi connectivity index (χ3v) is 9.80. The molecule has 4 bridgehead atoms. The molecular weight excluding hydrogens is 580 g/mol. The molecule has 2 N–H and O–H groups in total. The average molecular weight is 618 g/mol. The quantitative estimate of drug-likeness (QED) is 0.502. The summed E-state index contributed by atoms with van der Waals surface area (Å²) >= 11 is 0. The second-order valence-electron chi connectivity index (χ2n) is 13.3. The van der Waals surface area contributed by atoms with Gasteiger partial charge in [-0.3, -0.25) is 19.2 Å². The van der Waals surface area contributed by atoms with Crippen LogP contribution in [0.15, 0.2) is 36.4 Å². The van der Waals surface area contributed by atoms with Crippen molar-refractivity contribution in [3.8, 4) is 6.07 Å². The van der Waals surface area contributed by atoms with E-state index in [9.17, 15) is 33.2 Å². The molecule has 1 aliphatic carbocycles. The number of aryl methyl sites for hydroxylation is 1. The summed E-state index contributed by atoms with van der Waals surface area (Å²) in [4.78, 5) is 58.2. The first-order chi connectivity index (χ1) is 21.5. The molecule has 45 heavy (non-hydrogen) atoms. The lowest BCUT2D eigenvalue weighted by Crippen LogP contribution is -2.57. The minimum atomic E-state index is -1.13. The summed E-state index contributed by atoms with van der Waals surface area (Å²) < 4.78 is 28.3. The van der Waals surface area contributed by atoms with Gasteiger partial charge in [0.1, 0.15) is 23.7 Å². The van der Waals surface area contributed by atoms with Crippen LogP contribution in [0.3, 0.4) is 0 Å². The summed E-state index contributed by atoms with van der Waals surface area (Å²) in [6.45, 7) is 3.94. The lowest BCUT2D eigenvalue weighted by Gasteiger charge is -2.35. The van der Waals surface area contributed by atoms with Crippen molar-refractivity contribution in [3.05, 3.63) is 64.7 Å². The Morgan fingerprint density at radius 2 is 1.87 bits per heavy atom. The normalized spacial score (nSPS) is 25.4. The van der Waals surface area contributed by atoms with Crippen molar-refractivity contribution in [2.24, 2.45) is 5.92 Å². The predicted octanol–water partition coefficient (Wildman–Crippen LogP) is 4.05. The highest BCUT2D eigenvalue weighted by atomic mass is 19.1. The van der Waals surface area contributed by atoms with Gasteiger partial charge in [-0.2, -0.15) is 5.26 Å². The Labute approximate surface area is 260 Å². The monoisotopic (exact) mass is 617 g/mol. The van der Waals surface area contributed by atoms with Gasteiger partial charge in [-0.15, -0.1) is 0 Å². The number of halogens is 2. The fraction of sp³-hybridized carbons (Fsp3) is 0.500. The molecule has 11 heteroatoms. The number of amides is 4. The van der Waals surface area contributed by atoms with E-state index >= 15 is 0 Å². The van der Waals surface area contributed by atoms with Gasteiger partial charge >= 0.3 is 11.8 Å². The molecule has 4 aliphatic rings. The van der Waals surface area contributed by atoms with Crippen LogP contribution in [0.1, 0.15) is 75.5 Å². The molecule has 1 spiro atoms. The summed E-state index contributed by atoms with van der Waals surface area (Å²) in [6, 6.07) is 9.28. The fourth-order valence-electron chi connectivity index (χ4n) is 7.28. The van der Waals surface area contributed by atoms with E-state index in [0.717, 1.165) is 42.5 Å². The van der Waals surface area contributed by atoms with E-state index in [1.807, 2.05) is 32.0 Å². The molecule has 4 amide bonds. The van der Waals surface area contributed by atoms with Crippen molar-refractivity contribution < 1.29 is 28.0 Å². The van der Waals surface area contributed by atoms with Crippen LogP contribution in [0.25, 0.3) is 0 Å². The van der Waals surface area contributed by atoms with Gasteiger partial charge in [0, 0.05) is 36.8 Å². The zero-order valence-electron chi connectivity index (χ0n) is 25.5. The summed E-state index contributed by atoms with van der Waals surface area (Å²) in [5.74, 6) is -4.21. The molecule has 1 saturated carbocycles. The van der Waals surface area contributed by atoms with Gasteiger partial charge < -0.3 is 20.4 Å². The maximum absolute atomic E-state index is 14.7. The van der Waals surface area contributed by atoms with E-state index in [-0.39, 0.29) is 43.3 Å². The van der Waals surface area contributed by atoms with E-state index < -0.39 is 52.4 Å². The van der Waals surface area contributed by atoms with Crippen LogP contribution in [-0.4, -0.2) is 58.6 Å². The standard InChI is InChI=1S/C34H37F2N5O4/c1-20(2)14-28-30(43)41-19-33(17-23(41)18-37)25-15-21(7-10-27(25)38-32(33)45)6-4-3-5-13-40(28)31(44)29(42)39-34(11-12-34)24-9-8-22(35)16-26(24)36/h7-10,15-16,20,23,28H,3-6,11-14,17,19H2,1-2H3,(H,38,45)(H,39,42)/t23-,28-,33-/m0/s1.